The number of ether oxygens (including phenoxy) is 6. The molecule has 16 nitrogen and oxygen atoms in total. The molecule has 0 aromatic carbocycles. The number of esters is 1. The second kappa shape index (κ2) is 19.1. The van der Waals surface area contributed by atoms with Crippen molar-refractivity contribution < 1.29 is 63.5 Å². The first-order chi connectivity index (χ1) is 26.5. The van der Waals surface area contributed by atoms with Crippen LogP contribution in [0.2, 0.25) is 0 Å². The summed E-state index contributed by atoms with van der Waals surface area (Å²) in [5, 5.41) is 65.3. The van der Waals surface area contributed by atoms with Gasteiger partial charge in [-0.05, 0) is 79.8 Å². The maximum Gasteiger partial charge on any atom is 0.311 e. The van der Waals surface area contributed by atoms with Crippen molar-refractivity contribution in [1.29, 1.82) is 0 Å². The van der Waals surface area contributed by atoms with Gasteiger partial charge in [0.25, 0.3) is 0 Å². The van der Waals surface area contributed by atoms with E-state index >= 15 is 0 Å². The van der Waals surface area contributed by atoms with Crippen LogP contribution in [0.3, 0.4) is 0 Å². The fourth-order valence-corrected chi connectivity index (χ4v) is 9.22. The van der Waals surface area contributed by atoms with Gasteiger partial charge in [-0.3, -0.25) is 14.7 Å². The molecular weight excluding hydrogens is 742 g/mol. The third-order valence-corrected chi connectivity index (χ3v) is 13.0. The van der Waals surface area contributed by atoms with E-state index in [2.05, 4.69) is 10.2 Å². The largest absolute Gasteiger partial charge is 0.459 e. The van der Waals surface area contributed by atoms with Crippen LogP contribution in [0.1, 0.15) is 100 Å². The highest BCUT2D eigenvalue weighted by atomic mass is 16.7. The summed E-state index contributed by atoms with van der Waals surface area (Å²) in [6.07, 6.45) is -5.80. The Morgan fingerprint density at radius 3 is 2.23 bits per heavy atom. The monoisotopic (exact) mass is 813 g/mol. The first-order valence-corrected chi connectivity index (χ1v) is 20.6. The normalized spacial score (nSPS) is 45.8. The minimum atomic E-state index is -2.01. The molecule has 0 bridgehead atoms. The van der Waals surface area contributed by atoms with Crippen molar-refractivity contribution in [2.24, 2.45) is 23.7 Å². The number of aliphatic hydroxyl groups is 5. The number of hydrogen-bond donors (Lipinski definition) is 6. The number of carbonyl (C=O) groups excluding carboxylic acids is 2. The molecule has 6 N–H and O–H groups in total. The summed E-state index contributed by atoms with van der Waals surface area (Å²) in [6, 6.07) is -0.387. The molecule has 16 heteroatoms. The lowest BCUT2D eigenvalue weighted by molar-refractivity contribution is -0.318. The van der Waals surface area contributed by atoms with Crippen LogP contribution in [0.15, 0.2) is 12.4 Å². The summed E-state index contributed by atoms with van der Waals surface area (Å²) in [5.74, 6) is -5.08. The predicted octanol–water partition coefficient (Wildman–Crippen LogP) is 2.12. The number of hydrogen-bond acceptors (Lipinski definition) is 15. The maximum atomic E-state index is 14.2. The third kappa shape index (κ3) is 10.6. The Morgan fingerprint density at radius 2 is 1.63 bits per heavy atom. The summed E-state index contributed by atoms with van der Waals surface area (Å²) < 4.78 is 37.5. The highest BCUT2D eigenvalue weighted by Gasteiger charge is 2.53. The van der Waals surface area contributed by atoms with Gasteiger partial charge in [0.05, 0.1) is 53.8 Å². The summed E-state index contributed by atoms with van der Waals surface area (Å²) in [7, 11) is 3.40. The van der Waals surface area contributed by atoms with E-state index in [0.717, 1.165) is 5.56 Å². The summed E-state index contributed by atoms with van der Waals surface area (Å²) in [5.41, 5.74) is -3.89. The molecule has 57 heavy (non-hydrogen) atoms. The molecular formula is C41H71N3O13. The van der Waals surface area contributed by atoms with Crippen LogP contribution in [-0.4, -0.2) is 157 Å². The number of methoxy groups -OCH3 is 1. The van der Waals surface area contributed by atoms with Gasteiger partial charge in [-0.15, -0.1) is 0 Å². The quantitative estimate of drug-likeness (QED) is 0.186. The van der Waals surface area contributed by atoms with Crippen molar-refractivity contribution >= 4 is 11.8 Å². The fraction of sp³-hybridized carbons (Fsp3) is 0.878. The number of rotatable bonds is 10. The van der Waals surface area contributed by atoms with Crippen molar-refractivity contribution in [3.05, 3.63) is 18.0 Å². The van der Waals surface area contributed by atoms with Crippen LogP contribution >= 0.6 is 0 Å². The number of cyclic esters (lactones) is 1. The Kier molecular flexibility index (Phi) is 15.9. The third-order valence-electron chi connectivity index (χ3n) is 13.0. The van der Waals surface area contributed by atoms with Gasteiger partial charge < -0.3 is 58.9 Å². The first-order valence-electron chi connectivity index (χ1n) is 20.6. The van der Waals surface area contributed by atoms with Gasteiger partial charge in [0, 0.05) is 50.1 Å². The molecule has 0 saturated carbocycles. The number of aromatic amines is 1. The van der Waals surface area contributed by atoms with Crippen LogP contribution in [-0.2, 0) is 44.4 Å². The van der Waals surface area contributed by atoms with Gasteiger partial charge >= 0.3 is 5.97 Å². The second-order valence-electron chi connectivity index (χ2n) is 17.8. The number of aliphatic hydroxyl groups excluding tert-OH is 3. The van der Waals surface area contributed by atoms with E-state index in [1.54, 1.807) is 47.7 Å². The van der Waals surface area contributed by atoms with E-state index in [1.807, 2.05) is 25.1 Å². The SMILES string of the molecule is CC[C@H]1OC(=O)[C@H](C)[C@@H](O[C@H]2C[C@@](C)(OC)[C@@H](O)[C@H](C)O2)[C@H](C)[C@@H](O[C@@H]2O[C@H](C)C[C@H](N(C)CCc3cn[nH]c3)[C@H]2O)[C@](C)(O)C[C@@H](C)C(=O)[C@H](C)[C@@H](O)[C@]1(C)O. The first kappa shape index (κ1) is 47.6. The Hall–Kier alpha value is -2.09. The molecule has 0 aliphatic carbocycles. The van der Waals surface area contributed by atoms with Crippen LogP contribution in [0.5, 0.6) is 0 Å². The Morgan fingerprint density at radius 1 is 0.965 bits per heavy atom. The van der Waals surface area contributed by atoms with Crippen LogP contribution < -0.4 is 0 Å². The standard InChI is InChI=1S/C41H71N3O13/c1-13-29-41(10,51)34(47)23(4)31(45)21(2)17-39(8,50)36(57-38-32(46)28(16-22(3)53-38)44(11)15-14-27-19-42-43-20-27)24(5)33(25(6)37(49)55-29)56-30-18-40(9,52-12)35(48)26(7)54-30/h19-26,28-30,32-36,38,46-48,50-51H,13-18H2,1-12H3,(H,42,43)/t21-,22-,23+,24+,25-,26+,28+,29-,30+,32-,33+,34-,35+,36-,38+,39-,40-,41-/m1/s1. The summed E-state index contributed by atoms with van der Waals surface area (Å²) >= 11 is 0. The number of nitrogens with one attached hydrogen (secondary N) is 1. The number of likely N-dealkylation sites (N-methyl/N-ethyl adjacent to an activating group) is 1. The molecule has 3 fully saturated rings. The lowest BCUT2D eigenvalue weighted by Gasteiger charge is -2.49. The molecule has 1 aromatic rings. The molecule has 4 rings (SSSR count). The highest BCUT2D eigenvalue weighted by molar-refractivity contribution is 5.83. The minimum Gasteiger partial charge on any atom is -0.459 e. The van der Waals surface area contributed by atoms with Crippen molar-refractivity contribution in [3.63, 3.8) is 0 Å². The molecule has 3 aliphatic heterocycles. The van der Waals surface area contributed by atoms with Gasteiger partial charge in [-0.25, -0.2) is 0 Å². The Bertz CT molecular complexity index is 1450. The molecule has 3 aliphatic rings. The number of carbonyl (C=O) groups is 2. The molecule has 1 aromatic heterocycles. The molecule has 0 unspecified atom stereocenters. The smallest absolute Gasteiger partial charge is 0.311 e. The van der Waals surface area contributed by atoms with E-state index in [1.165, 1.54) is 27.9 Å². The average Bonchev–Trinajstić information content (AvgIpc) is 3.68. The number of Topliss-reactive ketones (excluding diaryl/α,β-unsaturated/α-hetero) is 1. The molecule has 0 amide bonds. The molecule has 3 saturated heterocycles. The lowest BCUT2D eigenvalue weighted by atomic mass is 9.74. The Balaban J connectivity index is 1.78. The van der Waals surface area contributed by atoms with E-state index in [0.29, 0.717) is 19.4 Å². The summed E-state index contributed by atoms with van der Waals surface area (Å²) in [6.45, 7) is 17.0. The molecule has 4 heterocycles. The second-order valence-corrected chi connectivity index (χ2v) is 17.8. The van der Waals surface area contributed by atoms with Crippen LogP contribution in [0.25, 0.3) is 0 Å². The van der Waals surface area contributed by atoms with Crippen LogP contribution in [0, 0.1) is 23.7 Å². The van der Waals surface area contributed by atoms with E-state index in [4.69, 9.17) is 28.4 Å². The van der Waals surface area contributed by atoms with Crippen molar-refractivity contribution in [1.82, 2.24) is 15.1 Å². The van der Waals surface area contributed by atoms with Crippen molar-refractivity contribution in [2.45, 2.75) is 186 Å². The molecule has 328 valence electrons. The van der Waals surface area contributed by atoms with E-state index < -0.39 is 108 Å². The lowest BCUT2D eigenvalue weighted by Crippen LogP contribution is -2.61. The molecule has 0 radical (unpaired) electrons. The minimum absolute atomic E-state index is 0.0820. The number of aromatic nitrogens is 2. The number of ketones is 1. The van der Waals surface area contributed by atoms with Gasteiger partial charge in [-0.2, -0.15) is 5.10 Å². The van der Waals surface area contributed by atoms with Crippen LogP contribution in [0.4, 0.5) is 0 Å². The zero-order valence-corrected chi connectivity index (χ0v) is 36.0. The average molecular weight is 814 g/mol. The predicted molar refractivity (Wildman–Crippen MR) is 207 cm³/mol. The topological polar surface area (TPSA) is 223 Å². The summed E-state index contributed by atoms with van der Waals surface area (Å²) in [4.78, 5) is 30.2. The maximum absolute atomic E-state index is 14.2. The number of nitrogens with zero attached hydrogens (tertiary/aromatic N) is 2. The molecule has 0 spiro atoms. The molecule has 18 atom stereocenters. The van der Waals surface area contributed by atoms with Gasteiger partial charge in [0.2, 0.25) is 0 Å². The van der Waals surface area contributed by atoms with Crippen molar-refractivity contribution in [3.8, 4) is 0 Å². The van der Waals surface area contributed by atoms with E-state index in [9.17, 15) is 35.1 Å². The van der Waals surface area contributed by atoms with Crippen molar-refractivity contribution in [2.75, 3.05) is 20.7 Å². The number of H-pyrrole nitrogens is 1. The van der Waals surface area contributed by atoms with Gasteiger partial charge in [0.1, 0.15) is 29.7 Å². The highest BCUT2D eigenvalue weighted by Crippen LogP contribution is 2.41. The van der Waals surface area contributed by atoms with Gasteiger partial charge in [0.15, 0.2) is 12.6 Å². The fourth-order valence-electron chi connectivity index (χ4n) is 9.22. The zero-order chi connectivity index (χ0) is 42.8. The van der Waals surface area contributed by atoms with E-state index in [-0.39, 0.29) is 31.4 Å². The van der Waals surface area contributed by atoms with Gasteiger partial charge in [-0.1, -0.05) is 27.7 Å². The Labute approximate surface area is 337 Å². The zero-order valence-electron chi connectivity index (χ0n) is 36.0.